The molecule has 1 aliphatic rings. The first-order valence-corrected chi connectivity index (χ1v) is 5.54. The zero-order valence-electron chi connectivity index (χ0n) is 8.13. The lowest BCUT2D eigenvalue weighted by atomic mass is 9.97. The minimum Gasteiger partial charge on any atom is -0.255 e. The largest absolute Gasteiger partial charge is 0.255 e. The monoisotopic (exact) mass is 249 g/mol. The minimum absolute atomic E-state index is 1.08. The summed E-state index contributed by atoms with van der Waals surface area (Å²) in [5.74, 6) is 0. The molecule has 0 N–H and O–H groups in total. The summed E-state index contributed by atoms with van der Waals surface area (Å²) < 4.78 is 1.08. The topological polar surface area (TPSA) is 12.9 Å². The van der Waals surface area contributed by atoms with E-state index in [2.05, 4.69) is 40.0 Å². The van der Waals surface area contributed by atoms with Gasteiger partial charge in [0, 0.05) is 10.7 Å². The fourth-order valence-electron chi connectivity index (χ4n) is 1.56. The second-order valence-corrected chi connectivity index (χ2v) is 4.39. The Morgan fingerprint density at radius 1 is 1.29 bits per heavy atom. The average Bonchev–Trinajstić information content (AvgIpc) is 2.20. The molecule has 1 nitrogen and oxygen atoms in total. The third-order valence-corrected chi connectivity index (χ3v) is 3.06. The standard InChI is InChI=1S/C12H12BrN/c1-9-4-6-10(7-5-9)12-11(13)3-2-8-14-12/h2-4,6,8H,5,7H2,1H3. The van der Waals surface area contributed by atoms with Gasteiger partial charge in [-0.3, -0.25) is 4.98 Å². The van der Waals surface area contributed by atoms with Crippen molar-refractivity contribution < 1.29 is 0 Å². The van der Waals surface area contributed by atoms with E-state index in [1.165, 1.54) is 11.1 Å². The maximum atomic E-state index is 4.38. The lowest BCUT2D eigenvalue weighted by Crippen LogP contribution is -1.94. The molecular weight excluding hydrogens is 238 g/mol. The van der Waals surface area contributed by atoms with Crippen LogP contribution in [0.15, 0.2) is 40.5 Å². The Balaban J connectivity index is 2.37. The summed E-state index contributed by atoms with van der Waals surface area (Å²) in [5, 5.41) is 0. The fourth-order valence-corrected chi connectivity index (χ4v) is 2.07. The van der Waals surface area contributed by atoms with Gasteiger partial charge < -0.3 is 0 Å². The molecule has 0 spiro atoms. The highest BCUT2D eigenvalue weighted by atomic mass is 79.9. The second kappa shape index (κ2) is 4.09. The number of hydrogen-bond donors (Lipinski definition) is 0. The van der Waals surface area contributed by atoms with Crippen molar-refractivity contribution in [3.63, 3.8) is 0 Å². The zero-order chi connectivity index (χ0) is 9.97. The third kappa shape index (κ3) is 1.95. The van der Waals surface area contributed by atoms with E-state index in [9.17, 15) is 0 Å². The quantitative estimate of drug-likeness (QED) is 0.734. The van der Waals surface area contributed by atoms with Gasteiger partial charge in [0.25, 0.3) is 0 Å². The molecule has 1 heterocycles. The van der Waals surface area contributed by atoms with Crippen LogP contribution in [0.3, 0.4) is 0 Å². The van der Waals surface area contributed by atoms with Gasteiger partial charge in [-0.25, -0.2) is 0 Å². The van der Waals surface area contributed by atoms with Crippen molar-refractivity contribution in [1.29, 1.82) is 0 Å². The summed E-state index contributed by atoms with van der Waals surface area (Å²) in [6.07, 6.45) is 8.44. The van der Waals surface area contributed by atoms with E-state index in [4.69, 9.17) is 0 Å². The van der Waals surface area contributed by atoms with E-state index in [0.717, 1.165) is 23.0 Å². The number of nitrogens with zero attached hydrogens (tertiary/aromatic N) is 1. The highest BCUT2D eigenvalue weighted by Crippen LogP contribution is 2.29. The molecule has 2 rings (SSSR count). The Morgan fingerprint density at radius 3 is 2.79 bits per heavy atom. The van der Waals surface area contributed by atoms with E-state index in [0.29, 0.717) is 0 Å². The highest BCUT2D eigenvalue weighted by Gasteiger charge is 2.09. The number of rotatable bonds is 1. The smallest absolute Gasteiger partial charge is 0.0803 e. The molecular formula is C12H12BrN. The Bertz CT molecular complexity index is 405. The lowest BCUT2D eigenvalue weighted by molar-refractivity contribution is 0.967. The summed E-state index contributed by atoms with van der Waals surface area (Å²) >= 11 is 3.52. The first-order valence-electron chi connectivity index (χ1n) is 4.74. The number of hydrogen-bond acceptors (Lipinski definition) is 1. The molecule has 0 saturated carbocycles. The third-order valence-electron chi connectivity index (χ3n) is 2.42. The molecule has 0 radical (unpaired) electrons. The average molecular weight is 250 g/mol. The summed E-state index contributed by atoms with van der Waals surface area (Å²) in [4.78, 5) is 4.38. The number of allylic oxidation sites excluding steroid dienone is 4. The first kappa shape index (κ1) is 9.66. The Hall–Kier alpha value is -0.890. The fraction of sp³-hybridized carbons (Fsp3) is 0.250. The SMILES string of the molecule is CC1=CC=C(c2ncccc2Br)CC1. The van der Waals surface area contributed by atoms with Crippen molar-refractivity contribution in [2.45, 2.75) is 19.8 Å². The molecule has 0 saturated heterocycles. The zero-order valence-corrected chi connectivity index (χ0v) is 9.71. The van der Waals surface area contributed by atoms with Crippen molar-refractivity contribution in [2.24, 2.45) is 0 Å². The van der Waals surface area contributed by atoms with Gasteiger partial charge in [0.05, 0.1) is 5.69 Å². The van der Waals surface area contributed by atoms with Gasteiger partial charge in [-0.1, -0.05) is 17.7 Å². The van der Waals surface area contributed by atoms with Crippen molar-refractivity contribution in [1.82, 2.24) is 4.98 Å². The molecule has 1 aliphatic carbocycles. The van der Waals surface area contributed by atoms with Crippen LogP contribution in [0.4, 0.5) is 0 Å². The second-order valence-electron chi connectivity index (χ2n) is 3.54. The summed E-state index contributed by atoms with van der Waals surface area (Å²) in [5.41, 5.74) is 3.85. The molecule has 0 atom stereocenters. The van der Waals surface area contributed by atoms with E-state index in [1.807, 2.05) is 18.3 Å². The number of aromatic nitrogens is 1. The molecule has 0 amide bonds. The van der Waals surface area contributed by atoms with E-state index < -0.39 is 0 Å². The van der Waals surface area contributed by atoms with E-state index in [-0.39, 0.29) is 0 Å². The summed E-state index contributed by atoms with van der Waals surface area (Å²) in [6, 6.07) is 3.98. The first-order chi connectivity index (χ1) is 6.77. The Kier molecular flexibility index (Phi) is 2.82. The molecule has 0 fully saturated rings. The van der Waals surface area contributed by atoms with Crippen molar-refractivity contribution >= 4 is 21.5 Å². The van der Waals surface area contributed by atoms with Gasteiger partial charge >= 0.3 is 0 Å². The molecule has 2 heteroatoms. The van der Waals surface area contributed by atoms with E-state index >= 15 is 0 Å². The summed E-state index contributed by atoms with van der Waals surface area (Å²) in [6.45, 7) is 2.17. The van der Waals surface area contributed by atoms with Gasteiger partial charge in [-0.05, 0) is 53.4 Å². The van der Waals surface area contributed by atoms with Crippen LogP contribution >= 0.6 is 15.9 Å². The normalized spacial score (nSPS) is 16.1. The molecule has 72 valence electrons. The van der Waals surface area contributed by atoms with Crippen molar-refractivity contribution in [2.75, 3.05) is 0 Å². The summed E-state index contributed by atoms with van der Waals surface area (Å²) in [7, 11) is 0. The van der Waals surface area contributed by atoms with Crippen LogP contribution in [0.1, 0.15) is 25.5 Å². The van der Waals surface area contributed by atoms with Crippen LogP contribution in [0, 0.1) is 0 Å². The van der Waals surface area contributed by atoms with Crippen LogP contribution in [-0.2, 0) is 0 Å². The minimum atomic E-state index is 1.08. The van der Waals surface area contributed by atoms with Gasteiger partial charge in [0.2, 0.25) is 0 Å². The number of pyridine rings is 1. The number of halogens is 1. The molecule has 0 aromatic carbocycles. The molecule has 0 unspecified atom stereocenters. The van der Waals surface area contributed by atoms with Crippen LogP contribution in [-0.4, -0.2) is 4.98 Å². The molecule has 14 heavy (non-hydrogen) atoms. The Labute approximate surface area is 92.7 Å². The van der Waals surface area contributed by atoms with Crippen LogP contribution in [0.5, 0.6) is 0 Å². The predicted octanol–water partition coefficient (Wildman–Crippen LogP) is 3.97. The van der Waals surface area contributed by atoms with Gasteiger partial charge in [-0.2, -0.15) is 0 Å². The van der Waals surface area contributed by atoms with Crippen LogP contribution in [0.2, 0.25) is 0 Å². The van der Waals surface area contributed by atoms with Crippen LogP contribution < -0.4 is 0 Å². The molecule has 0 aliphatic heterocycles. The highest BCUT2D eigenvalue weighted by molar-refractivity contribution is 9.10. The maximum Gasteiger partial charge on any atom is 0.0803 e. The molecule has 0 bridgehead atoms. The predicted molar refractivity (Wildman–Crippen MR) is 62.9 cm³/mol. The van der Waals surface area contributed by atoms with Crippen molar-refractivity contribution in [3.8, 4) is 0 Å². The maximum absolute atomic E-state index is 4.38. The lowest BCUT2D eigenvalue weighted by Gasteiger charge is -2.12. The van der Waals surface area contributed by atoms with Crippen molar-refractivity contribution in [3.05, 3.63) is 46.2 Å². The van der Waals surface area contributed by atoms with Crippen LogP contribution in [0.25, 0.3) is 5.57 Å². The Morgan fingerprint density at radius 2 is 2.14 bits per heavy atom. The van der Waals surface area contributed by atoms with E-state index in [1.54, 1.807) is 0 Å². The van der Waals surface area contributed by atoms with Gasteiger partial charge in [0.1, 0.15) is 0 Å². The molecule has 1 aromatic heterocycles. The van der Waals surface area contributed by atoms with Gasteiger partial charge in [0.15, 0.2) is 0 Å². The molecule has 1 aromatic rings. The van der Waals surface area contributed by atoms with Gasteiger partial charge in [-0.15, -0.1) is 0 Å².